The SMILES string of the molecule is CC1(C)[C@H]2CC[C@@]1(C)[C@H](OCC[C@@H](O)CN1CCN(c3ccccc3F)CC1)C2. The van der Waals surface area contributed by atoms with Crippen LogP contribution in [0.5, 0.6) is 0 Å². The van der Waals surface area contributed by atoms with Crippen molar-refractivity contribution in [3.8, 4) is 0 Å². The van der Waals surface area contributed by atoms with E-state index in [1.54, 1.807) is 6.07 Å². The molecule has 4 nitrogen and oxygen atoms in total. The van der Waals surface area contributed by atoms with Crippen LogP contribution < -0.4 is 4.90 Å². The largest absolute Gasteiger partial charge is 0.392 e. The van der Waals surface area contributed by atoms with Gasteiger partial charge in [-0.25, -0.2) is 4.39 Å². The Hall–Kier alpha value is -1.17. The maximum atomic E-state index is 14.0. The van der Waals surface area contributed by atoms with E-state index in [1.807, 2.05) is 12.1 Å². The third-order valence-electron chi connectivity index (χ3n) is 8.52. The lowest BCUT2D eigenvalue weighted by atomic mass is 9.70. The van der Waals surface area contributed by atoms with E-state index in [2.05, 4.69) is 30.6 Å². The van der Waals surface area contributed by atoms with Gasteiger partial charge < -0.3 is 14.7 Å². The highest BCUT2D eigenvalue weighted by atomic mass is 19.1. The number of ether oxygens (including phenoxy) is 1. The number of hydrogen-bond acceptors (Lipinski definition) is 4. The van der Waals surface area contributed by atoms with E-state index < -0.39 is 0 Å². The molecule has 0 radical (unpaired) electrons. The molecule has 1 aromatic carbocycles. The zero-order valence-corrected chi connectivity index (χ0v) is 18.2. The molecule has 2 aliphatic carbocycles. The van der Waals surface area contributed by atoms with Gasteiger partial charge >= 0.3 is 0 Å². The molecule has 0 amide bonds. The zero-order valence-electron chi connectivity index (χ0n) is 18.2. The second kappa shape index (κ2) is 8.16. The van der Waals surface area contributed by atoms with Gasteiger partial charge in [0.05, 0.1) is 17.9 Å². The average Bonchev–Trinajstić information content (AvgIpc) is 3.03. The first kappa shape index (κ1) is 21.1. The second-order valence-electron chi connectivity index (χ2n) is 10.2. The van der Waals surface area contributed by atoms with Gasteiger partial charge in [-0.05, 0) is 54.6 Å². The van der Waals surface area contributed by atoms with Crippen LogP contribution in [0.2, 0.25) is 0 Å². The number of hydrogen-bond donors (Lipinski definition) is 1. The third-order valence-corrected chi connectivity index (χ3v) is 8.52. The summed E-state index contributed by atoms with van der Waals surface area (Å²) in [7, 11) is 0. The number of aliphatic hydroxyl groups excluding tert-OH is 1. The van der Waals surface area contributed by atoms with Crippen LogP contribution in [0.15, 0.2) is 24.3 Å². The molecule has 2 saturated carbocycles. The van der Waals surface area contributed by atoms with Crippen LogP contribution in [0.3, 0.4) is 0 Å². The van der Waals surface area contributed by atoms with Gasteiger partial charge in [0.2, 0.25) is 0 Å². The summed E-state index contributed by atoms with van der Waals surface area (Å²) in [6.45, 7) is 11.8. The van der Waals surface area contributed by atoms with Crippen molar-refractivity contribution in [3.05, 3.63) is 30.1 Å². The molecule has 0 spiro atoms. The highest BCUT2D eigenvalue weighted by Crippen LogP contribution is 2.66. The van der Waals surface area contributed by atoms with Crippen molar-refractivity contribution in [2.24, 2.45) is 16.7 Å². The Bertz CT molecular complexity index is 704. The number of β-amino-alcohol motifs (C(OH)–C–C–N with tert-alkyl or cyclic N) is 1. The Morgan fingerprint density at radius 1 is 1.17 bits per heavy atom. The number of fused-ring (bicyclic) bond motifs is 2. The number of para-hydroxylation sites is 1. The van der Waals surface area contributed by atoms with Crippen LogP contribution in [0, 0.1) is 22.6 Å². The number of anilines is 1. The predicted molar refractivity (Wildman–Crippen MR) is 115 cm³/mol. The standard InChI is InChI=1S/C24H37FN2O2/c1-23(2)18-8-10-24(23,3)22(16-18)29-15-9-19(28)17-26-11-13-27(14-12-26)21-7-5-4-6-20(21)25/h4-7,18-19,22,28H,8-17H2,1-3H3/t18-,19+,22+,24-/m0/s1. The van der Waals surface area contributed by atoms with Crippen molar-refractivity contribution in [1.29, 1.82) is 0 Å². The van der Waals surface area contributed by atoms with Crippen LogP contribution in [-0.4, -0.2) is 61.5 Å². The molecule has 3 aliphatic rings. The van der Waals surface area contributed by atoms with Gasteiger partial charge in [-0.2, -0.15) is 0 Å². The Labute approximate surface area is 175 Å². The van der Waals surface area contributed by atoms with Crippen LogP contribution in [0.4, 0.5) is 10.1 Å². The Morgan fingerprint density at radius 3 is 2.52 bits per heavy atom. The lowest BCUT2D eigenvalue weighted by Crippen LogP contribution is -2.49. The molecular weight excluding hydrogens is 367 g/mol. The molecule has 29 heavy (non-hydrogen) atoms. The Balaban J connectivity index is 1.18. The van der Waals surface area contributed by atoms with Crippen LogP contribution >= 0.6 is 0 Å². The first-order valence-electron chi connectivity index (χ1n) is 11.3. The molecule has 1 heterocycles. The normalized spacial score (nSPS) is 32.7. The number of aliphatic hydroxyl groups is 1. The van der Waals surface area contributed by atoms with Crippen LogP contribution in [-0.2, 0) is 4.74 Å². The fourth-order valence-electron chi connectivity index (χ4n) is 6.00. The summed E-state index contributed by atoms with van der Waals surface area (Å²) in [6, 6.07) is 6.97. The van der Waals surface area contributed by atoms with E-state index in [9.17, 15) is 9.50 Å². The zero-order chi connectivity index (χ0) is 20.6. The molecule has 5 heteroatoms. The topological polar surface area (TPSA) is 35.9 Å². The molecular formula is C24H37FN2O2. The molecule has 4 rings (SSSR count). The van der Waals surface area contributed by atoms with Gasteiger partial charge in [-0.3, -0.25) is 4.90 Å². The minimum atomic E-state index is -0.366. The highest BCUT2D eigenvalue weighted by molar-refractivity contribution is 5.47. The first-order valence-corrected chi connectivity index (χ1v) is 11.3. The number of benzene rings is 1. The van der Waals surface area contributed by atoms with Crippen molar-refractivity contribution < 1.29 is 14.2 Å². The quantitative estimate of drug-likeness (QED) is 0.747. The fraction of sp³-hybridized carbons (Fsp3) is 0.750. The average molecular weight is 405 g/mol. The van der Waals surface area contributed by atoms with Crippen molar-refractivity contribution in [2.75, 3.05) is 44.2 Å². The fourth-order valence-corrected chi connectivity index (χ4v) is 6.00. The van der Waals surface area contributed by atoms with E-state index in [0.29, 0.717) is 36.8 Å². The summed E-state index contributed by atoms with van der Waals surface area (Å²) in [6.07, 6.45) is 4.44. The molecule has 162 valence electrons. The van der Waals surface area contributed by atoms with E-state index in [4.69, 9.17) is 4.74 Å². The molecule has 2 bridgehead atoms. The Morgan fingerprint density at radius 2 is 1.90 bits per heavy atom. The summed E-state index contributed by atoms with van der Waals surface area (Å²) in [5.74, 6) is 0.629. The minimum Gasteiger partial charge on any atom is -0.392 e. The maximum Gasteiger partial charge on any atom is 0.146 e. The minimum absolute atomic E-state index is 0.157. The first-order chi connectivity index (χ1) is 13.8. The van der Waals surface area contributed by atoms with E-state index >= 15 is 0 Å². The van der Waals surface area contributed by atoms with Crippen molar-refractivity contribution in [2.45, 2.75) is 58.7 Å². The summed E-state index contributed by atoms with van der Waals surface area (Å²) in [4.78, 5) is 4.38. The molecule has 0 unspecified atom stereocenters. The van der Waals surface area contributed by atoms with E-state index in [-0.39, 0.29) is 17.3 Å². The van der Waals surface area contributed by atoms with Gasteiger partial charge in [-0.15, -0.1) is 0 Å². The third kappa shape index (κ3) is 3.94. The van der Waals surface area contributed by atoms with Gasteiger partial charge in [0.1, 0.15) is 5.82 Å². The van der Waals surface area contributed by atoms with Gasteiger partial charge in [0.15, 0.2) is 0 Å². The summed E-state index contributed by atoms with van der Waals surface area (Å²) >= 11 is 0. The maximum absolute atomic E-state index is 14.0. The van der Waals surface area contributed by atoms with E-state index in [0.717, 1.165) is 32.1 Å². The lowest BCUT2D eigenvalue weighted by Gasteiger charge is -2.39. The monoisotopic (exact) mass is 404 g/mol. The summed E-state index contributed by atoms with van der Waals surface area (Å²) in [5.41, 5.74) is 1.34. The van der Waals surface area contributed by atoms with E-state index in [1.165, 1.54) is 25.3 Å². The number of halogens is 1. The second-order valence-corrected chi connectivity index (χ2v) is 10.2. The van der Waals surface area contributed by atoms with Gasteiger partial charge in [-0.1, -0.05) is 32.9 Å². The van der Waals surface area contributed by atoms with Crippen molar-refractivity contribution in [3.63, 3.8) is 0 Å². The predicted octanol–water partition coefficient (Wildman–Crippen LogP) is 3.93. The molecule has 0 aromatic heterocycles. The number of rotatable bonds is 7. The highest BCUT2D eigenvalue weighted by Gasteiger charge is 2.61. The van der Waals surface area contributed by atoms with Crippen LogP contribution in [0.25, 0.3) is 0 Å². The Kier molecular flexibility index (Phi) is 5.93. The molecule has 1 N–H and O–H groups in total. The molecule has 4 atom stereocenters. The van der Waals surface area contributed by atoms with Crippen molar-refractivity contribution in [1.82, 2.24) is 4.90 Å². The van der Waals surface area contributed by atoms with Crippen LogP contribution in [0.1, 0.15) is 46.5 Å². The molecule has 1 aliphatic heterocycles. The number of piperazine rings is 1. The summed E-state index contributed by atoms with van der Waals surface area (Å²) < 4.78 is 20.3. The van der Waals surface area contributed by atoms with Gasteiger partial charge in [0.25, 0.3) is 0 Å². The molecule has 1 aromatic rings. The molecule has 3 fully saturated rings. The van der Waals surface area contributed by atoms with Crippen molar-refractivity contribution >= 4 is 5.69 Å². The lowest BCUT2D eigenvalue weighted by molar-refractivity contribution is -0.0564. The molecule has 1 saturated heterocycles. The summed E-state index contributed by atoms with van der Waals surface area (Å²) in [5, 5.41) is 10.5. The van der Waals surface area contributed by atoms with Gasteiger partial charge in [0, 0.05) is 39.3 Å². The smallest absolute Gasteiger partial charge is 0.146 e. The number of nitrogens with zero attached hydrogens (tertiary/aromatic N) is 2.